The Bertz CT molecular complexity index is 964. The van der Waals surface area contributed by atoms with Gasteiger partial charge in [-0.15, -0.1) is 0 Å². The molecule has 2 saturated carbocycles. The Labute approximate surface area is 225 Å². The summed E-state index contributed by atoms with van der Waals surface area (Å²) in [6, 6.07) is 0.188. The fourth-order valence-corrected chi connectivity index (χ4v) is 8.95. The number of halogens is 1. The summed E-state index contributed by atoms with van der Waals surface area (Å²) in [6.45, 7) is 5.18. The molecule has 1 amide bonds. The molecule has 0 aromatic carbocycles. The van der Waals surface area contributed by atoms with Gasteiger partial charge < -0.3 is 25.2 Å². The minimum atomic E-state index is -1.16. The number of morpholine rings is 1. The molecule has 8 atom stereocenters. The van der Waals surface area contributed by atoms with Gasteiger partial charge in [0.15, 0.2) is 5.78 Å². The van der Waals surface area contributed by atoms with E-state index < -0.39 is 12.1 Å². The summed E-state index contributed by atoms with van der Waals surface area (Å²) in [5.74, 6) is -0.844. The van der Waals surface area contributed by atoms with Crippen molar-refractivity contribution in [1.29, 1.82) is 0 Å². The first-order valence-corrected chi connectivity index (χ1v) is 15.4. The Kier molecular flexibility index (Phi) is 6.78. The summed E-state index contributed by atoms with van der Waals surface area (Å²) in [5, 5.41) is 0. The van der Waals surface area contributed by atoms with Gasteiger partial charge in [-0.25, -0.2) is 4.39 Å². The molecule has 5 aliphatic heterocycles. The number of carbonyl (C=O) groups excluding carboxylic acids is 2. The van der Waals surface area contributed by atoms with E-state index in [1.165, 1.54) is 25.9 Å². The van der Waals surface area contributed by atoms with Crippen LogP contribution in [0.2, 0.25) is 0 Å². The molecular weight excluding hydrogens is 485 g/mol. The second-order valence-corrected chi connectivity index (χ2v) is 13.0. The van der Waals surface area contributed by atoms with Crippen LogP contribution < -0.4 is 5.73 Å². The molecule has 0 radical (unpaired) electrons. The number of nitrogens with two attached hydrogens (primary N) is 1. The summed E-state index contributed by atoms with van der Waals surface area (Å²) in [4.78, 5) is 36.7. The number of carbonyl (C=O) groups is 2. The lowest BCUT2D eigenvalue weighted by atomic mass is 9.69. The number of ketones is 1. The summed E-state index contributed by atoms with van der Waals surface area (Å²) in [7, 11) is 0. The van der Waals surface area contributed by atoms with E-state index in [9.17, 15) is 9.59 Å². The maximum absolute atomic E-state index is 16.0. The number of likely N-dealkylation sites (tertiary alicyclic amines) is 3. The maximum atomic E-state index is 16.0. The lowest BCUT2D eigenvalue weighted by Crippen LogP contribution is -2.73. The van der Waals surface area contributed by atoms with Gasteiger partial charge in [-0.2, -0.15) is 0 Å². The van der Waals surface area contributed by atoms with Crippen molar-refractivity contribution in [3.05, 3.63) is 11.8 Å². The number of amides is 1. The van der Waals surface area contributed by atoms with Crippen LogP contribution in [0.4, 0.5) is 4.39 Å². The first kappa shape index (κ1) is 25.4. The highest BCUT2D eigenvalue weighted by Gasteiger charge is 2.60. The fraction of sp³-hybridized carbons (Fsp3) is 0.862. The number of fused-ring (bicyclic) bond motifs is 2. The van der Waals surface area contributed by atoms with Crippen molar-refractivity contribution in [3.63, 3.8) is 0 Å². The second kappa shape index (κ2) is 10.1. The van der Waals surface area contributed by atoms with Gasteiger partial charge >= 0.3 is 0 Å². The monoisotopic (exact) mass is 529 g/mol. The average molecular weight is 530 g/mol. The molecule has 210 valence electrons. The predicted molar refractivity (Wildman–Crippen MR) is 141 cm³/mol. The molecule has 0 bridgehead atoms. The minimum absolute atomic E-state index is 0.0201. The van der Waals surface area contributed by atoms with Crippen LogP contribution in [0.25, 0.3) is 0 Å². The zero-order valence-corrected chi connectivity index (χ0v) is 22.6. The number of rotatable bonds is 3. The molecule has 4 saturated heterocycles. The van der Waals surface area contributed by atoms with Crippen LogP contribution in [-0.2, 0) is 14.3 Å². The Morgan fingerprint density at radius 2 is 1.68 bits per heavy atom. The van der Waals surface area contributed by atoms with Crippen molar-refractivity contribution >= 4 is 11.7 Å². The fourth-order valence-electron chi connectivity index (χ4n) is 8.95. The molecule has 2 aliphatic carbocycles. The third-order valence-electron chi connectivity index (χ3n) is 10.9. The molecule has 5 heterocycles. The molecule has 2 N–H and O–H groups in total. The van der Waals surface area contributed by atoms with Crippen LogP contribution in [0.15, 0.2) is 11.8 Å². The number of ether oxygens (including phenoxy) is 1. The SMILES string of the molecule is NC1CCN(C2C(F)CC3C(=O)C(C(=O)N4CCC(N5CCCC5)CC4)=CN4C5CCCCC5OC2C34)C1. The smallest absolute Gasteiger partial charge is 0.258 e. The van der Waals surface area contributed by atoms with E-state index >= 15 is 4.39 Å². The van der Waals surface area contributed by atoms with Crippen LogP contribution in [0.5, 0.6) is 0 Å². The molecule has 8 unspecified atom stereocenters. The quantitative estimate of drug-likeness (QED) is 0.557. The van der Waals surface area contributed by atoms with Gasteiger partial charge in [-0.1, -0.05) is 12.8 Å². The van der Waals surface area contributed by atoms with Gasteiger partial charge in [0, 0.05) is 50.4 Å². The van der Waals surface area contributed by atoms with Crippen LogP contribution in [0, 0.1) is 5.92 Å². The Morgan fingerprint density at radius 3 is 2.42 bits per heavy atom. The molecule has 9 heteroatoms. The zero-order valence-electron chi connectivity index (χ0n) is 22.6. The summed E-state index contributed by atoms with van der Waals surface area (Å²) in [6.07, 6.45) is 10.0. The second-order valence-electron chi connectivity index (χ2n) is 13.0. The van der Waals surface area contributed by atoms with Gasteiger partial charge in [0.25, 0.3) is 5.91 Å². The van der Waals surface area contributed by atoms with Crippen LogP contribution in [0.1, 0.15) is 64.2 Å². The lowest BCUT2D eigenvalue weighted by molar-refractivity contribution is -0.210. The summed E-state index contributed by atoms with van der Waals surface area (Å²) >= 11 is 0. The van der Waals surface area contributed by atoms with Crippen LogP contribution in [-0.4, -0.2) is 119 Å². The van der Waals surface area contributed by atoms with Crippen molar-refractivity contribution < 1.29 is 18.7 Å². The maximum Gasteiger partial charge on any atom is 0.258 e. The standard InChI is InChI=1S/C29H44FN5O3/c30-22-15-20-25-28(26(22)34-12-7-18(31)16-34)38-24-6-2-1-5-23(24)35(25)17-21(27(20)36)29(37)33-13-8-19(9-14-33)32-10-3-4-11-32/h17-20,22-26,28H,1-16,31H2. The van der Waals surface area contributed by atoms with E-state index in [4.69, 9.17) is 10.5 Å². The highest BCUT2D eigenvalue weighted by atomic mass is 19.1. The van der Waals surface area contributed by atoms with Crippen LogP contribution in [0.3, 0.4) is 0 Å². The average Bonchev–Trinajstić information content (AvgIpc) is 3.62. The Morgan fingerprint density at radius 1 is 0.921 bits per heavy atom. The van der Waals surface area contributed by atoms with Crippen molar-refractivity contribution in [2.75, 3.05) is 39.3 Å². The highest BCUT2D eigenvalue weighted by molar-refractivity contribution is 6.20. The number of hydrogen-bond acceptors (Lipinski definition) is 7. The van der Waals surface area contributed by atoms with Crippen LogP contribution >= 0.6 is 0 Å². The first-order chi connectivity index (χ1) is 18.5. The molecule has 38 heavy (non-hydrogen) atoms. The van der Waals surface area contributed by atoms with Gasteiger partial charge in [-0.3, -0.25) is 14.5 Å². The van der Waals surface area contributed by atoms with E-state index in [0.717, 1.165) is 51.5 Å². The number of Topliss-reactive ketones (excluding diaryl/α,β-unsaturated/α-hetero) is 1. The van der Waals surface area contributed by atoms with Crippen molar-refractivity contribution in [3.8, 4) is 0 Å². The molecule has 8 nitrogen and oxygen atoms in total. The van der Waals surface area contributed by atoms with E-state index in [1.54, 1.807) is 0 Å². The van der Waals surface area contributed by atoms with Crippen molar-refractivity contribution in [1.82, 2.24) is 19.6 Å². The number of nitrogens with zero attached hydrogens (tertiary/aromatic N) is 4. The van der Waals surface area contributed by atoms with Crippen molar-refractivity contribution in [2.45, 2.75) is 113 Å². The van der Waals surface area contributed by atoms with E-state index in [0.29, 0.717) is 25.7 Å². The Hall–Kier alpha value is -1.55. The molecule has 7 rings (SSSR count). The molecule has 0 aromatic rings. The molecular formula is C29H44FN5O3. The van der Waals surface area contributed by atoms with E-state index in [1.807, 2.05) is 11.1 Å². The number of piperidine rings is 1. The van der Waals surface area contributed by atoms with Crippen molar-refractivity contribution in [2.24, 2.45) is 11.7 Å². The van der Waals surface area contributed by atoms with E-state index in [2.05, 4.69) is 14.7 Å². The summed E-state index contributed by atoms with van der Waals surface area (Å²) in [5.41, 5.74) is 6.49. The predicted octanol–water partition coefficient (Wildman–Crippen LogP) is 1.68. The third kappa shape index (κ3) is 4.23. The molecule has 7 aliphatic rings. The van der Waals surface area contributed by atoms with Gasteiger partial charge in [0.1, 0.15) is 6.17 Å². The third-order valence-corrected chi connectivity index (χ3v) is 10.9. The largest absolute Gasteiger partial charge is 0.369 e. The highest BCUT2D eigenvalue weighted by Crippen LogP contribution is 2.47. The number of alkyl halides is 1. The van der Waals surface area contributed by atoms with Gasteiger partial charge in [0.2, 0.25) is 0 Å². The van der Waals surface area contributed by atoms with Gasteiger partial charge in [-0.05, 0) is 64.5 Å². The molecule has 0 aromatic heterocycles. The van der Waals surface area contributed by atoms with E-state index in [-0.39, 0.29) is 60.1 Å². The minimum Gasteiger partial charge on any atom is -0.369 e. The van der Waals surface area contributed by atoms with Gasteiger partial charge in [0.05, 0.1) is 35.9 Å². The topological polar surface area (TPSA) is 82.3 Å². The lowest BCUT2D eigenvalue weighted by Gasteiger charge is -2.60. The molecule has 0 spiro atoms. The first-order valence-electron chi connectivity index (χ1n) is 15.4. The normalized spacial score (nSPS) is 42.7. The summed E-state index contributed by atoms with van der Waals surface area (Å²) < 4.78 is 22.7. The Balaban J connectivity index is 1.16. The zero-order chi connectivity index (χ0) is 26.0. The number of hydrogen-bond donors (Lipinski definition) is 1. The molecule has 6 fully saturated rings.